The minimum atomic E-state index is 0.153. The third-order valence-corrected chi connectivity index (χ3v) is 10.5. The second-order valence-corrected chi connectivity index (χ2v) is 13.3. The molecule has 236 valence electrons. The SMILES string of the molecule is C1=c2ccc3ccccc3c2=CCC1N(c1ccc(-n2c3ccccc3c3c4ccccc4ccc32)cc1)c1cccc(-c2ccccc2)c1. The highest BCUT2D eigenvalue weighted by Crippen LogP contribution is 2.38. The Morgan fingerprint density at radius 2 is 1.16 bits per heavy atom. The minimum Gasteiger partial charge on any atom is -0.334 e. The van der Waals surface area contributed by atoms with Crippen molar-refractivity contribution >= 4 is 66.9 Å². The molecule has 1 unspecified atom stereocenters. The van der Waals surface area contributed by atoms with Crippen LogP contribution in [0.2, 0.25) is 0 Å². The van der Waals surface area contributed by atoms with E-state index in [4.69, 9.17) is 0 Å². The number of hydrogen-bond donors (Lipinski definition) is 0. The molecule has 0 radical (unpaired) electrons. The van der Waals surface area contributed by atoms with Gasteiger partial charge in [0.2, 0.25) is 0 Å². The van der Waals surface area contributed by atoms with Crippen LogP contribution in [0, 0.1) is 0 Å². The van der Waals surface area contributed by atoms with Crippen molar-refractivity contribution in [1.29, 1.82) is 0 Å². The molecule has 0 saturated carbocycles. The zero-order valence-electron chi connectivity index (χ0n) is 27.6. The zero-order valence-corrected chi connectivity index (χ0v) is 27.6. The summed E-state index contributed by atoms with van der Waals surface area (Å²) >= 11 is 0. The van der Waals surface area contributed by atoms with Crippen molar-refractivity contribution in [2.24, 2.45) is 0 Å². The lowest BCUT2D eigenvalue weighted by atomic mass is 9.96. The van der Waals surface area contributed by atoms with E-state index in [2.05, 4.69) is 198 Å². The summed E-state index contributed by atoms with van der Waals surface area (Å²) in [5.74, 6) is 0. The number of anilines is 2. The molecule has 0 N–H and O–H groups in total. The highest BCUT2D eigenvalue weighted by atomic mass is 15.2. The number of hydrogen-bond acceptors (Lipinski definition) is 1. The smallest absolute Gasteiger partial charge is 0.0566 e. The van der Waals surface area contributed by atoms with Crippen molar-refractivity contribution in [1.82, 2.24) is 4.57 Å². The first-order valence-corrected chi connectivity index (χ1v) is 17.5. The fourth-order valence-electron chi connectivity index (χ4n) is 8.16. The van der Waals surface area contributed by atoms with E-state index < -0.39 is 0 Å². The third kappa shape index (κ3) is 4.64. The van der Waals surface area contributed by atoms with Gasteiger partial charge in [0.25, 0.3) is 0 Å². The van der Waals surface area contributed by atoms with Gasteiger partial charge in [-0.05, 0) is 98.1 Å². The van der Waals surface area contributed by atoms with E-state index in [1.807, 2.05) is 0 Å². The second kappa shape index (κ2) is 11.6. The molecule has 8 aromatic carbocycles. The minimum absolute atomic E-state index is 0.153. The number of para-hydroxylation sites is 1. The van der Waals surface area contributed by atoms with Crippen LogP contribution in [0.5, 0.6) is 0 Å². The van der Waals surface area contributed by atoms with E-state index in [-0.39, 0.29) is 6.04 Å². The van der Waals surface area contributed by atoms with Gasteiger partial charge in [0.15, 0.2) is 0 Å². The Kier molecular flexibility index (Phi) is 6.67. The van der Waals surface area contributed by atoms with Crippen LogP contribution in [0.3, 0.4) is 0 Å². The summed E-state index contributed by atoms with van der Waals surface area (Å²) in [6.07, 6.45) is 5.81. The van der Waals surface area contributed by atoms with Crippen LogP contribution >= 0.6 is 0 Å². The Balaban J connectivity index is 1.13. The first-order chi connectivity index (χ1) is 24.8. The van der Waals surface area contributed by atoms with E-state index in [0.29, 0.717) is 0 Å². The third-order valence-electron chi connectivity index (χ3n) is 10.5. The highest BCUT2D eigenvalue weighted by molar-refractivity contribution is 6.21. The fraction of sp³-hybridized carbons (Fsp3) is 0.0417. The number of rotatable bonds is 5. The Labute approximate surface area is 291 Å². The lowest BCUT2D eigenvalue weighted by Gasteiger charge is -2.33. The van der Waals surface area contributed by atoms with E-state index in [0.717, 1.165) is 12.1 Å². The average molecular weight is 639 g/mol. The second-order valence-electron chi connectivity index (χ2n) is 13.3. The van der Waals surface area contributed by atoms with Crippen molar-refractivity contribution in [3.8, 4) is 16.8 Å². The van der Waals surface area contributed by atoms with Crippen molar-refractivity contribution in [2.45, 2.75) is 12.5 Å². The Morgan fingerprint density at radius 3 is 2.00 bits per heavy atom. The molecular weight excluding hydrogens is 605 g/mol. The van der Waals surface area contributed by atoms with Crippen molar-refractivity contribution in [3.05, 3.63) is 186 Å². The molecular formula is C48H34N2. The van der Waals surface area contributed by atoms with Crippen molar-refractivity contribution in [2.75, 3.05) is 4.90 Å². The van der Waals surface area contributed by atoms with E-state index >= 15 is 0 Å². The predicted molar refractivity (Wildman–Crippen MR) is 213 cm³/mol. The van der Waals surface area contributed by atoms with Crippen LogP contribution in [0.25, 0.3) is 72.3 Å². The lowest BCUT2D eigenvalue weighted by Crippen LogP contribution is -2.38. The maximum atomic E-state index is 2.52. The molecule has 1 aliphatic carbocycles. The quantitative estimate of drug-likeness (QED) is 0.182. The maximum Gasteiger partial charge on any atom is 0.0566 e. The molecule has 2 heteroatoms. The van der Waals surface area contributed by atoms with Crippen LogP contribution in [-0.2, 0) is 0 Å². The van der Waals surface area contributed by atoms with E-state index in [1.54, 1.807) is 0 Å². The Morgan fingerprint density at radius 1 is 0.480 bits per heavy atom. The molecule has 10 rings (SSSR count). The largest absolute Gasteiger partial charge is 0.334 e. The number of benzene rings is 8. The molecule has 1 aliphatic rings. The number of fused-ring (bicyclic) bond motifs is 8. The summed E-state index contributed by atoms with van der Waals surface area (Å²) in [7, 11) is 0. The van der Waals surface area contributed by atoms with Crippen molar-refractivity contribution < 1.29 is 0 Å². The van der Waals surface area contributed by atoms with Crippen LogP contribution in [-0.4, -0.2) is 10.6 Å². The summed E-state index contributed by atoms with van der Waals surface area (Å²) in [4.78, 5) is 2.52. The summed E-state index contributed by atoms with van der Waals surface area (Å²) in [6, 6.07) is 64.3. The standard InChI is InChI=1S/C48H34N2/c1-2-11-33(12-3-1)36-15-10-16-40(31-36)49(41-28-29-43-37(32-41)22-21-34-13-4-6-17-42(34)43)38-24-26-39(27-25-38)50-46-20-9-8-19-45(46)48-44-18-7-5-14-35(44)23-30-47(48)50/h1-27,29-32,41H,28H2. The molecule has 0 spiro atoms. The van der Waals surface area contributed by atoms with Gasteiger partial charge in [0.05, 0.1) is 17.1 Å². The molecule has 0 aliphatic heterocycles. The molecule has 1 aromatic heterocycles. The summed E-state index contributed by atoms with van der Waals surface area (Å²) in [5.41, 5.74) is 8.39. The normalized spacial score (nSPS) is 14.0. The highest BCUT2D eigenvalue weighted by Gasteiger charge is 2.22. The van der Waals surface area contributed by atoms with Gasteiger partial charge in [-0.2, -0.15) is 0 Å². The van der Waals surface area contributed by atoms with Crippen LogP contribution < -0.4 is 15.3 Å². The van der Waals surface area contributed by atoms with Gasteiger partial charge in [-0.15, -0.1) is 0 Å². The number of aromatic nitrogens is 1. The molecule has 2 nitrogen and oxygen atoms in total. The molecule has 1 atom stereocenters. The lowest BCUT2D eigenvalue weighted by molar-refractivity contribution is 0.838. The van der Waals surface area contributed by atoms with E-state index in [1.165, 1.54) is 76.3 Å². The van der Waals surface area contributed by atoms with Gasteiger partial charge in [0, 0.05) is 27.8 Å². The van der Waals surface area contributed by atoms with Crippen molar-refractivity contribution in [3.63, 3.8) is 0 Å². The topological polar surface area (TPSA) is 8.17 Å². The molecule has 0 amide bonds. The predicted octanol–water partition coefficient (Wildman–Crippen LogP) is 10.9. The Hall–Kier alpha value is -6.38. The molecule has 0 fully saturated rings. The van der Waals surface area contributed by atoms with Gasteiger partial charge >= 0.3 is 0 Å². The zero-order chi connectivity index (χ0) is 33.0. The van der Waals surface area contributed by atoms with E-state index in [9.17, 15) is 0 Å². The Bertz CT molecular complexity index is 2850. The maximum absolute atomic E-state index is 2.52. The summed E-state index contributed by atoms with van der Waals surface area (Å²) in [5, 5.41) is 10.4. The molecule has 50 heavy (non-hydrogen) atoms. The van der Waals surface area contributed by atoms with Crippen LogP contribution in [0.15, 0.2) is 176 Å². The van der Waals surface area contributed by atoms with Crippen LogP contribution in [0.1, 0.15) is 6.42 Å². The molecule has 0 bridgehead atoms. The summed E-state index contributed by atoms with van der Waals surface area (Å²) < 4.78 is 2.42. The first kappa shape index (κ1) is 28.6. The average Bonchev–Trinajstić information content (AvgIpc) is 3.53. The first-order valence-electron chi connectivity index (χ1n) is 17.5. The molecule has 0 saturated heterocycles. The van der Waals surface area contributed by atoms with Gasteiger partial charge < -0.3 is 9.47 Å². The van der Waals surface area contributed by atoms with Gasteiger partial charge in [0.1, 0.15) is 0 Å². The monoisotopic (exact) mass is 638 g/mol. The van der Waals surface area contributed by atoms with Gasteiger partial charge in [-0.25, -0.2) is 0 Å². The summed E-state index contributed by atoms with van der Waals surface area (Å²) in [6.45, 7) is 0. The fourth-order valence-corrected chi connectivity index (χ4v) is 8.16. The molecule has 1 heterocycles. The van der Waals surface area contributed by atoms with Crippen LogP contribution in [0.4, 0.5) is 11.4 Å². The van der Waals surface area contributed by atoms with Gasteiger partial charge in [-0.1, -0.05) is 140 Å². The number of nitrogens with zero attached hydrogens (tertiary/aromatic N) is 2. The van der Waals surface area contributed by atoms with Gasteiger partial charge in [-0.3, -0.25) is 0 Å². The molecule has 9 aromatic rings.